The van der Waals surface area contributed by atoms with E-state index in [1.165, 1.54) is 17.1 Å². The minimum absolute atomic E-state index is 0.00846. The van der Waals surface area contributed by atoms with Crippen molar-refractivity contribution in [1.29, 1.82) is 0 Å². The Hall–Kier alpha value is -1.69. The van der Waals surface area contributed by atoms with Crippen LogP contribution in [0.1, 0.15) is 16.8 Å². The van der Waals surface area contributed by atoms with Gasteiger partial charge in [0, 0.05) is 19.3 Å². The first-order valence-electron chi connectivity index (χ1n) is 4.05. The Morgan fingerprint density at radius 3 is 2.86 bits per heavy atom. The number of rotatable bonds is 4. The summed E-state index contributed by atoms with van der Waals surface area (Å²) in [6.45, 7) is 0.443. The van der Waals surface area contributed by atoms with Crippen LogP contribution in [-0.4, -0.2) is 32.3 Å². The molecule has 6 heteroatoms. The van der Waals surface area contributed by atoms with Gasteiger partial charge in [-0.15, -0.1) is 0 Å². The second kappa shape index (κ2) is 4.52. The molecule has 0 aliphatic heterocycles. The summed E-state index contributed by atoms with van der Waals surface area (Å²) in [6.07, 6.45) is 2.96. The van der Waals surface area contributed by atoms with Gasteiger partial charge in [0.25, 0.3) is 5.56 Å². The van der Waals surface area contributed by atoms with Gasteiger partial charge in [0.1, 0.15) is 5.56 Å². The molecule has 1 aromatic rings. The van der Waals surface area contributed by atoms with Gasteiger partial charge in [-0.2, -0.15) is 4.98 Å². The van der Waals surface area contributed by atoms with Crippen LogP contribution in [-0.2, 0) is 6.54 Å². The number of aliphatic hydroxyl groups excluding tert-OH is 1. The monoisotopic (exact) mass is 198 g/mol. The van der Waals surface area contributed by atoms with Gasteiger partial charge in [-0.05, 0) is 6.42 Å². The standard InChI is InChI=1S/C8H10N2O4/c11-3-1-2-10-4-6(8(13)14)7(12)9-5-10/h4-5,11H,1-3H2,(H,13,14). The van der Waals surface area contributed by atoms with Crippen LogP contribution in [0.3, 0.4) is 0 Å². The van der Waals surface area contributed by atoms with Crippen molar-refractivity contribution < 1.29 is 15.0 Å². The molecule has 76 valence electrons. The maximum absolute atomic E-state index is 10.9. The fraction of sp³-hybridized carbons (Fsp3) is 0.375. The van der Waals surface area contributed by atoms with E-state index >= 15 is 0 Å². The van der Waals surface area contributed by atoms with Crippen molar-refractivity contribution in [2.45, 2.75) is 13.0 Å². The first-order chi connectivity index (χ1) is 6.65. The largest absolute Gasteiger partial charge is 0.477 e. The first kappa shape index (κ1) is 10.4. The van der Waals surface area contributed by atoms with Crippen LogP contribution in [0.25, 0.3) is 0 Å². The van der Waals surface area contributed by atoms with E-state index in [9.17, 15) is 9.59 Å². The Balaban J connectivity index is 2.95. The highest BCUT2D eigenvalue weighted by atomic mass is 16.4. The number of aromatic nitrogens is 2. The minimum atomic E-state index is -1.29. The van der Waals surface area contributed by atoms with Gasteiger partial charge in [-0.25, -0.2) is 4.79 Å². The molecule has 0 saturated carbocycles. The van der Waals surface area contributed by atoms with Gasteiger partial charge in [0.2, 0.25) is 0 Å². The zero-order valence-corrected chi connectivity index (χ0v) is 7.38. The van der Waals surface area contributed by atoms with Crippen LogP contribution in [0.2, 0.25) is 0 Å². The molecule has 0 radical (unpaired) electrons. The highest BCUT2D eigenvalue weighted by Gasteiger charge is 2.08. The van der Waals surface area contributed by atoms with Crippen molar-refractivity contribution in [3.63, 3.8) is 0 Å². The molecule has 2 N–H and O–H groups in total. The third-order valence-corrected chi connectivity index (χ3v) is 1.65. The van der Waals surface area contributed by atoms with E-state index in [0.717, 1.165) is 0 Å². The third kappa shape index (κ3) is 2.40. The average molecular weight is 198 g/mol. The van der Waals surface area contributed by atoms with E-state index in [0.29, 0.717) is 13.0 Å². The molecule has 6 nitrogen and oxygen atoms in total. The van der Waals surface area contributed by atoms with Crippen molar-refractivity contribution in [2.24, 2.45) is 0 Å². The van der Waals surface area contributed by atoms with Crippen molar-refractivity contribution >= 4 is 5.97 Å². The summed E-state index contributed by atoms with van der Waals surface area (Å²) in [7, 11) is 0. The Morgan fingerprint density at radius 2 is 2.29 bits per heavy atom. The molecule has 0 saturated heterocycles. The minimum Gasteiger partial charge on any atom is -0.477 e. The van der Waals surface area contributed by atoms with Crippen LogP contribution < -0.4 is 5.56 Å². The van der Waals surface area contributed by atoms with Crippen molar-refractivity contribution in [1.82, 2.24) is 9.55 Å². The quantitative estimate of drug-likeness (QED) is 0.669. The molecule has 0 aliphatic carbocycles. The number of aromatic carboxylic acids is 1. The fourth-order valence-corrected chi connectivity index (χ4v) is 0.973. The second-order valence-corrected chi connectivity index (χ2v) is 2.71. The van der Waals surface area contributed by atoms with E-state index < -0.39 is 11.5 Å². The molecule has 14 heavy (non-hydrogen) atoms. The number of carboxylic acid groups (broad SMARTS) is 1. The van der Waals surface area contributed by atoms with Gasteiger partial charge in [0.05, 0.1) is 6.33 Å². The molecule has 0 bridgehead atoms. The number of carboxylic acids is 1. The molecule has 0 atom stereocenters. The molecule has 1 aromatic heterocycles. The zero-order valence-electron chi connectivity index (χ0n) is 7.38. The molecule has 0 amide bonds. The summed E-state index contributed by atoms with van der Waals surface area (Å²) in [5, 5.41) is 17.2. The predicted octanol–water partition coefficient (Wildman–Crippen LogP) is -0.676. The Kier molecular flexibility index (Phi) is 3.35. The third-order valence-electron chi connectivity index (χ3n) is 1.65. The number of hydrogen-bond acceptors (Lipinski definition) is 4. The molecule has 0 aliphatic rings. The van der Waals surface area contributed by atoms with E-state index in [1.807, 2.05) is 0 Å². The summed E-state index contributed by atoms with van der Waals surface area (Å²) in [5.41, 5.74) is -1.11. The highest BCUT2D eigenvalue weighted by Crippen LogP contribution is 1.92. The molecule has 1 rings (SSSR count). The number of hydrogen-bond donors (Lipinski definition) is 2. The number of carbonyl (C=O) groups is 1. The van der Waals surface area contributed by atoms with Gasteiger partial charge in [0.15, 0.2) is 0 Å². The maximum atomic E-state index is 10.9. The summed E-state index contributed by atoms with van der Waals surface area (Å²) >= 11 is 0. The summed E-state index contributed by atoms with van der Waals surface area (Å²) in [5.74, 6) is -1.29. The van der Waals surface area contributed by atoms with E-state index in [1.54, 1.807) is 0 Å². The lowest BCUT2D eigenvalue weighted by molar-refractivity contribution is 0.0693. The van der Waals surface area contributed by atoms with Crippen LogP contribution in [0.15, 0.2) is 17.3 Å². The molecular weight excluding hydrogens is 188 g/mol. The van der Waals surface area contributed by atoms with Gasteiger partial charge in [-0.3, -0.25) is 4.79 Å². The van der Waals surface area contributed by atoms with E-state index in [4.69, 9.17) is 10.2 Å². The lowest BCUT2D eigenvalue weighted by Crippen LogP contribution is -2.20. The first-order valence-corrected chi connectivity index (χ1v) is 4.05. The lowest BCUT2D eigenvalue weighted by Gasteiger charge is -2.03. The zero-order chi connectivity index (χ0) is 10.6. The van der Waals surface area contributed by atoms with Crippen molar-refractivity contribution in [2.75, 3.05) is 6.61 Å². The molecule has 0 spiro atoms. The second-order valence-electron chi connectivity index (χ2n) is 2.71. The molecule has 0 fully saturated rings. The molecule has 0 unspecified atom stereocenters. The highest BCUT2D eigenvalue weighted by molar-refractivity contribution is 5.86. The summed E-state index contributed by atoms with van der Waals surface area (Å²) in [4.78, 5) is 24.9. The van der Waals surface area contributed by atoms with Crippen LogP contribution >= 0.6 is 0 Å². The normalized spacial score (nSPS) is 10.1. The SMILES string of the molecule is O=C(O)c1cn(CCCO)cnc1=O. The number of aryl methyl sites for hydroxylation is 1. The van der Waals surface area contributed by atoms with Crippen LogP contribution in [0.5, 0.6) is 0 Å². The molecule has 0 aromatic carbocycles. The van der Waals surface area contributed by atoms with Gasteiger partial charge in [-0.1, -0.05) is 0 Å². The lowest BCUT2D eigenvalue weighted by atomic mass is 10.3. The Morgan fingerprint density at radius 1 is 1.57 bits per heavy atom. The maximum Gasteiger partial charge on any atom is 0.342 e. The topological polar surface area (TPSA) is 92.4 Å². The molecular formula is C8H10N2O4. The Labute approximate surface area is 79.5 Å². The summed E-state index contributed by atoms with van der Waals surface area (Å²) in [6, 6.07) is 0. The Bertz CT molecular complexity index is 385. The van der Waals surface area contributed by atoms with E-state index in [2.05, 4.69) is 4.98 Å². The molecule has 1 heterocycles. The van der Waals surface area contributed by atoms with Crippen molar-refractivity contribution in [3.8, 4) is 0 Å². The van der Waals surface area contributed by atoms with Crippen molar-refractivity contribution in [3.05, 3.63) is 28.4 Å². The van der Waals surface area contributed by atoms with Gasteiger partial charge >= 0.3 is 5.97 Å². The van der Waals surface area contributed by atoms with Gasteiger partial charge < -0.3 is 14.8 Å². The number of aliphatic hydroxyl groups is 1. The summed E-state index contributed by atoms with van der Waals surface area (Å²) < 4.78 is 1.46. The smallest absolute Gasteiger partial charge is 0.342 e. The number of nitrogens with zero attached hydrogens (tertiary/aromatic N) is 2. The van der Waals surface area contributed by atoms with E-state index in [-0.39, 0.29) is 12.2 Å². The predicted molar refractivity (Wildman–Crippen MR) is 47.2 cm³/mol. The van der Waals surface area contributed by atoms with Crippen LogP contribution in [0.4, 0.5) is 0 Å². The average Bonchev–Trinajstić information content (AvgIpc) is 2.16. The van der Waals surface area contributed by atoms with Crippen LogP contribution in [0, 0.1) is 0 Å². The fourth-order valence-electron chi connectivity index (χ4n) is 0.973.